The molecule has 0 aliphatic carbocycles. The van der Waals surface area contributed by atoms with Gasteiger partial charge in [-0.2, -0.15) is 0 Å². The van der Waals surface area contributed by atoms with Gasteiger partial charge in [0.15, 0.2) is 0 Å². The second-order valence-electron chi connectivity index (χ2n) is 7.34. The minimum atomic E-state index is -0.216. The van der Waals surface area contributed by atoms with Gasteiger partial charge >= 0.3 is 0 Å². The van der Waals surface area contributed by atoms with E-state index in [9.17, 15) is 4.39 Å². The highest BCUT2D eigenvalue weighted by molar-refractivity contribution is 5.33. The molecule has 0 bridgehead atoms. The topological polar surface area (TPSA) is 34.6 Å². The van der Waals surface area contributed by atoms with Crippen LogP contribution in [0, 0.1) is 5.82 Å². The molecule has 5 heteroatoms. The number of aromatic nitrogens is 1. The molecule has 4 rings (SSSR count). The lowest BCUT2D eigenvalue weighted by molar-refractivity contribution is 0.131. The maximum atomic E-state index is 13.4. The van der Waals surface area contributed by atoms with Gasteiger partial charge in [-0.25, -0.2) is 4.39 Å². The van der Waals surface area contributed by atoms with Crippen LogP contribution in [0.25, 0.3) is 0 Å². The summed E-state index contributed by atoms with van der Waals surface area (Å²) in [4.78, 5) is 6.56. The molecule has 0 N–H and O–H groups in total. The van der Waals surface area contributed by atoms with Crippen LogP contribution in [0.5, 0.6) is 5.75 Å². The number of halogens is 1. The molecule has 2 atom stereocenters. The van der Waals surface area contributed by atoms with E-state index in [0.717, 1.165) is 30.0 Å². The van der Waals surface area contributed by atoms with Crippen molar-refractivity contribution < 1.29 is 13.9 Å². The summed E-state index contributed by atoms with van der Waals surface area (Å²) >= 11 is 0. The fourth-order valence-electron chi connectivity index (χ4n) is 4.00. The zero-order valence-corrected chi connectivity index (χ0v) is 16.5. The summed E-state index contributed by atoms with van der Waals surface area (Å²) in [6, 6.07) is 19.2. The first-order valence-corrected chi connectivity index (χ1v) is 9.82. The second-order valence-corrected chi connectivity index (χ2v) is 7.34. The van der Waals surface area contributed by atoms with E-state index in [0.29, 0.717) is 13.2 Å². The van der Waals surface area contributed by atoms with Gasteiger partial charge in [-0.15, -0.1) is 0 Å². The number of hydrogen-bond donors (Lipinski definition) is 0. The van der Waals surface area contributed by atoms with Gasteiger partial charge in [0.1, 0.15) is 11.6 Å². The Kier molecular flexibility index (Phi) is 6.17. The molecule has 1 aromatic heterocycles. The van der Waals surface area contributed by atoms with E-state index >= 15 is 0 Å². The Morgan fingerprint density at radius 3 is 2.52 bits per heavy atom. The van der Waals surface area contributed by atoms with E-state index in [-0.39, 0.29) is 17.8 Å². The molecule has 1 aliphatic heterocycles. The molecule has 1 fully saturated rings. The average molecular weight is 392 g/mol. The fraction of sp³-hybridized carbons (Fsp3) is 0.292. The third-order valence-electron chi connectivity index (χ3n) is 5.52. The zero-order chi connectivity index (χ0) is 20.1. The highest BCUT2D eigenvalue weighted by Crippen LogP contribution is 2.32. The number of nitrogens with zero attached hydrogens (tertiary/aromatic N) is 2. The summed E-state index contributed by atoms with van der Waals surface area (Å²) in [5.41, 5.74) is 3.43. The summed E-state index contributed by atoms with van der Waals surface area (Å²) in [7, 11) is 1.70. The molecule has 0 spiro atoms. The zero-order valence-electron chi connectivity index (χ0n) is 16.5. The first-order chi connectivity index (χ1) is 14.2. The van der Waals surface area contributed by atoms with Crippen molar-refractivity contribution in [2.24, 2.45) is 0 Å². The summed E-state index contributed by atoms with van der Waals surface area (Å²) in [5.74, 6) is 0.850. The predicted molar refractivity (Wildman–Crippen MR) is 110 cm³/mol. The number of benzene rings is 2. The van der Waals surface area contributed by atoms with Crippen molar-refractivity contribution in [2.45, 2.75) is 25.0 Å². The molecule has 2 aromatic carbocycles. The molecule has 0 radical (unpaired) electrons. The van der Waals surface area contributed by atoms with Crippen molar-refractivity contribution >= 4 is 0 Å². The first-order valence-electron chi connectivity index (χ1n) is 9.82. The molecule has 29 heavy (non-hydrogen) atoms. The van der Waals surface area contributed by atoms with Crippen molar-refractivity contribution in [3.05, 3.63) is 95.6 Å². The third-order valence-corrected chi connectivity index (χ3v) is 5.52. The number of methoxy groups -OCH3 is 1. The van der Waals surface area contributed by atoms with Gasteiger partial charge in [0, 0.05) is 43.0 Å². The molecule has 3 aromatic rings. The summed E-state index contributed by atoms with van der Waals surface area (Å²) in [6.45, 7) is 2.78. The molecular formula is C24H25FN2O2. The van der Waals surface area contributed by atoms with Crippen LogP contribution in [0.1, 0.15) is 22.6 Å². The minimum Gasteiger partial charge on any atom is -0.496 e. The number of pyridine rings is 1. The van der Waals surface area contributed by atoms with Gasteiger partial charge in [-0.3, -0.25) is 9.88 Å². The van der Waals surface area contributed by atoms with E-state index in [1.165, 1.54) is 17.7 Å². The van der Waals surface area contributed by atoms with Gasteiger partial charge in [-0.1, -0.05) is 30.3 Å². The Hall–Kier alpha value is -2.76. The van der Waals surface area contributed by atoms with Gasteiger partial charge in [0.2, 0.25) is 0 Å². The molecule has 150 valence electrons. The average Bonchev–Trinajstić information content (AvgIpc) is 3.25. The van der Waals surface area contributed by atoms with Crippen LogP contribution in [0.15, 0.2) is 73.1 Å². The van der Waals surface area contributed by atoms with Crippen LogP contribution in [-0.2, 0) is 17.8 Å². The van der Waals surface area contributed by atoms with Gasteiger partial charge in [0.05, 0.1) is 20.3 Å². The molecular weight excluding hydrogens is 367 g/mol. The molecule has 4 nitrogen and oxygen atoms in total. The predicted octanol–water partition coefficient (Wildman–Crippen LogP) is 4.41. The monoisotopic (exact) mass is 392 g/mol. The van der Waals surface area contributed by atoms with Crippen LogP contribution < -0.4 is 4.74 Å². The Labute approximate surface area is 170 Å². The van der Waals surface area contributed by atoms with E-state index in [1.807, 2.05) is 54.9 Å². The van der Waals surface area contributed by atoms with Crippen molar-refractivity contribution in [1.82, 2.24) is 9.88 Å². The van der Waals surface area contributed by atoms with E-state index in [2.05, 4.69) is 16.0 Å². The maximum absolute atomic E-state index is 13.4. The summed E-state index contributed by atoms with van der Waals surface area (Å²) in [6.07, 6.45) is 3.64. The van der Waals surface area contributed by atoms with Crippen molar-refractivity contribution in [3.8, 4) is 5.75 Å². The Bertz CT molecular complexity index is 918. The summed E-state index contributed by atoms with van der Waals surface area (Å²) in [5, 5.41) is 0. The number of ether oxygens (including phenoxy) is 2. The lowest BCUT2D eigenvalue weighted by atomic mass is 9.92. The molecule has 1 aliphatic rings. The Morgan fingerprint density at radius 1 is 1.00 bits per heavy atom. The maximum Gasteiger partial charge on any atom is 0.123 e. The van der Waals surface area contributed by atoms with Gasteiger partial charge < -0.3 is 9.47 Å². The lowest BCUT2D eigenvalue weighted by Gasteiger charge is -2.32. The fourth-order valence-corrected chi connectivity index (χ4v) is 4.00. The first kappa shape index (κ1) is 19.6. The third kappa shape index (κ3) is 4.63. The Morgan fingerprint density at radius 2 is 1.76 bits per heavy atom. The van der Waals surface area contributed by atoms with E-state index in [1.54, 1.807) is 7.11 Å². The Balaban J connectivity index is 1.64. The van der Waals surface area contributed by atoms with E-state index < -0.39 is 0 Å². The minimum absolute atomic E-state index is 0.179. The smallest absolute Gasteiger partial charge is 0.123 e. The van der Waals surface area contributed by atoms with Crippen molar-refractivity contribution in [3.63, 3.8) is 0 Å². The second kappa shape index (κ2) is 9.16. The lowest BCUT2D eigenvalue weighted by Crippen LogP contribution is -2.38. The number of para-hydroxylation sites is 1. The number of rotatable bonds is 7. The summed E-state index contributed by atoms with van der Waals surface area (Å²) < 4.78 is 24.9. The van der Waals surface area contributed by atoms with Crippen LogP contribution >= 0.6 is 0 Å². The number of hydrogen-bond acceptors (Lipinski definition) is 4. The van der Waals surface area contributed by atoms with Gasteiger partial charge in [-0.05, 0) is 41.5 Å². The molecule has 2 heterocycles. The largest absolute Gasteiger partial charge is 0.496 e. The van der Waals surface area contributed by atoms with Crippen LogP contribution in [0.3, 0.4) is 0 Å². The van der Waals surface area contributed by atoms with Gasteiger partial charge in [0.25, 0.3) is 0 Å². The molecule has 0 saturated carbocycles. The normalized spacial score (nSPS) is 18.9. The van der Waals surface area contributed by atoms with Crippen LogP contribution in [-0.4, -0.2) is 36.2 Å². The van der Waals surface area contributed by atoms with Crippen LogP contribution in [0.4, 0.5) is 4.39 Å². The highest BCUT2D eigenvalue weighted by Gasteiger charge is 2.34. The standard InChI is InChI=1S/C24H25FN2O2/c1-28-24-5-3-2-4-20(24)15-27(14-18-10-12-26-13-11-18)23-17-29-16-22(23)19-6-8-21(25)9-7-19/h2-13,22-23H,14-17H2,1H3/t22-,23+/m0/s1. The van der Waals surface area contributed by atoms with E-state index in [4.69, 9.17) is 9.47 Å². The quantitative estimate of drug-likeness (QED) is 0.596. The highest BCUT2D eigenvalue weighted by atomic mass is 19.1. The van der Waals surface area contributed by atoms with Crippen LogP contribution in [0.2, 0.25) is 0 Å². The molecule has 1 saturated heterocycles. The molecule has 0 amide bonds. The van der Waals surface area contributed by atoms with Crippen molar-refractivity contribution in [1.29, 1.82) is 0 Å². The SMILES string of the molecule is COc1ccccc1CN(Cc1ccncc1)[C@@H]1COC[C@H]1c1ccc(F)cc1. The van der Waals surface area contributed by atoms with Crippen molar-refractivity contribution in [2.75, 3.05) is 20.3 Å². The molecule has 0 unspecified atom stereocenters.